The lowest BCUT2D eigenvalue weighted by Crippen LogP contribution is -2.39. The highest BCUT2D eigenvalue weighted by atomic mass is 16.5. The molecule has 0 atom stereocenters. The second-order valence-electron chi connectivity index (χ2n) is 10.0. The molecule has 1 N–H and O–H groups in total. The zero-order valence-electron chi connectivity index (χ0n) is 21.1. The van der Waals surface area contributed by atoms with Crippen LogP contribution < -0.4 is 20.5 Å². The van der Waals surface area contributed by atoms with Gasteiger partial charge in [0.05, 0.1) is 17.9 Å². The van der Waals surface area contributed by atoms with Crippen molar-refractivity contribution in [1.82, 2.24) is 24.2 Å². The molecule has 0 aliphatic carbocycles. The third kappa shape index (κ3) is 3.76. The number of allylic oxidation sites excluding steroid dienone is 2. The third-order valence-electron chi connectivity index (χ3n) is 7.35. The van der Waals surface area contributed by atoms with Crippen LogP contribution in [0.5, 0.6) is 5.75 Å². The predicted octanol–water partition coefficient (Wildman–Crippen LogP) is 3.35. The van der Waals surface area contributed by atoms with E-state index in [1.54, 1.807) is 15.8 Å². The number of carbonyl (C=O) groups excluding carboxylic acids is 1. The van der Waals surface area contributed by atoms with Gasteiger partial charge in [-0.1, -0.05) is 18.2 Å². The molecule has 0 saturated heterocycles. The molecule has 3 aliphatic heterocycles. The lowest BCUT2D eigenvalue weighted by Gasteiger charge is -2.30. The standard InChI is InChI=1S/C28H27N7O3/c1-32-15-18-6-7-20(12-19(18)16-32)30-28-29-14-22-26(31-28)35-21-8-9-24-23(13-21)33(25(36)17-38-24)10-4-2-3-5-11-34(35)27(22)37/h3,5-9,12-14H,2,4,10-11,15-17H2,1H3,(H,29,30,31). The number of carbonyl (C=O) groups is 1. The van der Waals surface area contributed by atoms with E-state index < -0.39 is 0 Å². The molecule has 0 radical (unpaired) electrons. The molecular formula is C28H27N7O3. The van der Waals surface area contributed by atoms with E-state index in [2.05, 4.69) is 40.5 Å². The summed E-state index contributed by atoms with van der Waals surface area (Å²) in [7, 11) is 2.11. The number of hydrogen-bond acceptors (Lipinski definition) is 7. The number of aromatic nitrogens is 4. The van der Waals surface area contributed by atoms with Crippen LogP contribution in [0.25, 0.3) is 16.7 Å². The SMILES string of the molecule is CN1Cc2ccc(Nc3ncc4c(=O)n5n(c4n3)-c3ccc4c(c3)N(CCCC=CC5)C(=O)CO4)cc2C1. The zero-order valence-corrected chi connectivity index (χ0v) is 21.1. The summed E-state index contributed by atoms with van der Waals surface area (Å²) in [4.78, 5) is 39.5. The molecule has 2 aromatic carbocycles. The summed E-state index contributed by atoms with van der Waals surface area (Å²) >= 11 is 0. The number of ether oxygens (including phenoxy) is 1. The molecule has 10 heteroatoms. The van der Waals surface area contributed by atoms with Crippen molar-refractivity contribution in [3.8, 4) is 11.4 Å². The van der Waals surface area contributed by atoms with Crippen molar-refractivity contribution in [3.63, 3.8) is 0 Å². The third-order valence-corrected chi connectivity index (χ3v) is 7.35. The fourth-order valence-corrected chi connectivity index (χ4v) is 5.51. The predicted molar refractivity (Wildman–Crippen MR) is 144 cm³/mol. The van der Waals surface area contributed by atoms with E-state index in [1.807, 2.05) is 35.0 Å². The van der Waals surface area contributed by atoms with Gasteiger partial charge in [0.25, 0.3) is 11.5 Å². The number of hydrogen-bond donors (Lipinski definition) is 1. The highest BCUT2D eigenvalue weighted by Crippen LogP contribution is 2.35. The summed E-state index contributed by atoms with van der Waals surface area (Å²) in [6.07, 6.45) is 7.26. The summed E-state index contributed by atoms with van der Waals surface area (Å²) in [5.41, 5.74) is 5.26. The molecule has 0 saturated carbocycles. The van der Waals surface area contributed by atoms with Gasteiger partial charge in [0.15, 0.2) is 12.3 Å². The summed E-state index contributed by atoms with van der Waals surface area (Å²) in [6, 6.07) is 11.9. The number of nitrogens with zero attached hydrogens (tertiary/aromatic N) is 6. The molecule has 0 fully saturated rings. The van der Waals surface area contributed by atoms with Crippen LogP contribution in [0, 0.1) is 0 Å². The van der Waals surface area contributed by atoms with E-state index >= 15 is 0 Å². The lowest BCUT2D eigenvalue weighted by atomic mass is 10.1. The smallest absolute Gasteiger partial charge is 0.278 e. The Hall–Kier alpha value is -4.44. The Balaban J connectivity index is 1.36. The van der Waals surface area contributed by atoms with E-state index in [1.165, 1.54) is 11.1 Å². The largest absolute Gasteiger partial charge is 0.482 e. The van der Waals surface area contributed by atoms with Crippen LogP contribution in [0.15, 0.2) is 59.5 Å². The minimum absolute atomic E-state index is 0.0284. The summed E-state index contributed by atoms with van der Waals surface area (Å²) in [5, 5.41) is 3.75. The van der Waals surface area contributed by atoms with Crippen molar-refractivity contribution in [1.29, 1.82) is 0 Å². The second-order valence-corrected chi connectivity index (χ2v) is 10.0. The molecule has 4 aromatic rings. The van der Waals surface area contributed by atoms with E-state index in [0.29, 0.717) is 41.5 Å². The molecule has 3 aliphatic rings. The first-order valence-corrected chi connectivity index (χ1v) is 12.8. The van der Waals surface area contributed by atoms with Crippen molar-refractivity contribution >= 4 is 34.3 Å². The van der Waals surface area contributed by atoms with Gasteiger partial charge in [-0.25, -0.2) is 14.3 Å². The van der Waals surface area contributed by atoms with Gasteiger partial charge >= 0.3 is 0 Å². The maximum Gasteiger partial charge on any atom is 0.278 e. The number of amides is 1. The zero-order chi connectivity index (χ0) is 25.8. The number of rotatable bonds is 2. The molecule has 10 nitrogen and oxygen atoms in total. The normalized spacial score (nSPS) is 17.0. The first-order chi connectivity index (χ1) is 18.5. The maximum absolute atomic E-state index is 13.5. The van der Waals surface area contributed by atoms with Crippen LogP contribution >= 0.6 is 0 Å². The van der Waals surface area contributed by atoms with Gasteiger partial charge in [-0.2, -0.15) is 4.98 Å². The highest BCUT2D eigenvalue weighted by Gasteiger charge is 2.27. The van der Waals surface area contributed by atoms with Crippen LogP contribution in [0.1, 0.15) is 24.0 Å². The maximum atomic E-state index is 13.5. The van der Waals surface area contributed by atoms with Crippen molar-refractivity contribution in [2.45, 2.75) is 32.5 Å². The number of anilines is 3. The summed E-state index contributed by atoms with van der Waals surface area (Å²) in [6.45, 7) is 2.88. The van der Waals surface area contributed by atoms with E-state index in [4.69, 9.17) is 9.72 Å². The van der Waals surface area contributed by atoms with Gasteiger partial charge in [0.1, 0.15) is 11.1 Å². The molecule has 0 spiro atoms. The average molecular weight is 510 g/mol. The molecule has 2 aromatic heterocycles. The Morgan fingerprint density at radius 3 is 2.84 bits per heavy atom. The van der Waals surface area contributed by atoms with E-state index in [9.17, 15) is 9.59 Å². The van der Waals surface area contributed by atoms with Gasteiger partial charge in [0, 0.05) is 31.5 Å². The van der Waals surface area contributed by atoms with Crippen LogP contribution in [-0.4, -0.2) is 50.3 Å². The van der Waals surface area contributed by atoms with Gasteiger partial charge in [-0.15, -0.1) is 0 Å². The fourth-order valence-electron chi connectivity index (χ4n) is 5.51. The summed E-state index contributed by atoms with van der Waals surface area (Å²) < 4.78 is 9.17. The Bertz CT molecular complexity index is 1690. The summed E-state index contributed by atoms with van der Waals surface area (Å²) in [5.74, 6) is 0.995. The number of nitrogens with one attached hydrogen (secondary N) is 1. The Kier molecular flexibility index (Phi) is 5.29. The van der Waals surface area contributed by atoms with E-state index in [-0.39, 0.29) is 18.1 Å². The molecule has 5 heterocycles. The van der Waals surface area contributed by atoms with Gasteiger partial charge < -0.3 is 15.0 Å². The van der Waals surface area contributed by atoms with Crippen molar-refractivity contribution in [3.05, 3.63) is 76.2 Å². The van der Waals surface area contributed by atoms with Crippen LogP contribution in [-0.2, 0) is 24.4 Å². The monoisotopic (exact) mass is 509 g/mol. The molecule has 1 amide bonds. The molecule has 7 rings (SSSR count). The van der Waals surface area contributed by atoms with Crippen molar-refractivity contribution in [2.24, 2.45) is 0 Å². The van der Waals surface area contributed by atoms with Gasteiger partial charge in [0.2, 0.25) is 5.95 Å². The van der Waals surface area contributed by atoms with Crippen LogP contribution in [0.2, 0.25) is 0 Å². The quantitative estimate of drug-likeness (QED) is 0.414. The van der Waals surface area contributed by atoms with E-state index in [0.717, 1.165) is 37.3 Å². The minimum Gasteiger partial charge on any atom is -0.482 e. The second kappa shape index (κ2) is 8.84. The van der Waals surface area contributed by atoms with Crippen LogP contribution in [0.4, 0.5) is 17.3 Å². The van der Waals surface area contributed by atoms with Crippen LogP contribution in [0.3, 0.4) is 0 Å². The number of benzene rings is 2. The highest BCUT2D eigenvalue weighted by molar-refractivity contribution is 5.98. The van der Waals surface area contributed by atoms with Gasteiger partial charge in [-0.05, 0) is 61.3 Å². The first-order valence-electron chi connectivity index (χ1n) is 12.8. The van der Waals surface area contributed by atoms with Crippen molar-refractivity contribution < 1.29 is 9.53 Å². The average Bonchev–Trinajstić information content (AvgIpc) is 3.41. The Morgan fingerprint density at radius 1 is 1.03 bits per heavy atom. The molecule has 0 unspecified atom stereocenters. The molecule has 38 heavy (non-hydrogen) atoms. The lowest BCUT2D eigenvalue weighted by molar-refractivity contribution is -0.121. The number of fused-ring (bicyclic) bond motifs is 6. The topological polar surface area (TPSA) is 97.5 Å². The Labute approximate surface area is 218 Å². The fraction of sp³-hybridized carbons (Fsp3) is 0.286. The molecule has 192 valence electrons. The van der Waals surface area contributed by atoms with Crippen molar-refractivity contribution in [2.75, 3.05) is 30.4 Å². The minimum atomic E-state index is -0.171. The molecule has 2 bridgehead atoms. The molecular weight excluding hydrogens is 482 g/mol. The Morgan fingerprint density at radius 2 is 1.92 bits per heavy atom. The first kappa shape index (κ1) is 22.7. The van der Waals surface area contributed by atoms with Gasteiger partial charge in [-0.3, -0.25) is 14.5 Å².